The van der Waals surface area contributed by atoms with Crippen molar-refractivity contribution in [1.82, 2.24) is 30.5 Å². The van der Waals surface area contributed by atoms with Crippen LogP contribution in [0.2, 0.25) is 0 Å². The fourth-order valence-electron chi connectivity index (χ4n) is 4.25. The molecule has 1 aromatic carbocycles. The number of anilines is 1. The van der Waals surface area contributed by atoms with E-state index in [1.807, 2.05) is 24.3 Å². The molecule has 0 saturated heterocycles. The van der Waals surface area contributed by atoms with Crippen LogP contribution in [0, 0.1) is 5.92 Å². The molecule has 1 saturated carbocycles. The zero-order valence-corrected chi connectivity index (χ0v) is 17.5. The first-order chi connectivity index (χ1) is 15.5. The molecule has 5 rings (SSSR count). The monoisotopic (exact) mass is 433 g/mol. The summed E-state index contributed by atoms with van der Waals surface area (Å²) in [6.45, 7) is 0.111. The van der Waals surface area contributed by atoms with E-state index in [9.17, 15) is 9.59 Å². The minimum Gasteiger partial charge on any atom is -0.396 e. The van der Waals surface area contributed by atoms with Crippen LogP contribution in [0.4, 0.5) is 5.82 Å². The third-order valence-electron chi connectivity index (χ3n) is 6.06. The number of rotatable bonds is 6. The number of aromatic amines is 1. The standard InChI is InChI=1S/C22H23N7O3/c1-29-20-17(23-7-8-24-20)14-11-15(14)18(22(29)32)26-21(31)19-25-16(27-28-19)10-13-4-2-12(3-5-13)6-9-30/h2-5,7-8,14-15,18,30H,6,9-11H2,1H3,(H,26,31)(H,25,27,28)/t14-,15?,18+/m1/s1. The van der Waals surface area contributed by atoms with Gasteiger partial charge in [-0.05, 0) is 29.9 Å². The van der Waals surface area contributed by atoms with E-state index in [-0.39, 0.29) is 30.2 Å². The highest BCUT2D eigenvalue weighted by molar-refractivity contribution is 6.02. The van der Waals surface area contributed by atoms with Crippen LogP contribution >= 0.6 is 0 Å². The summed E-state index contributed by atoms with van der Waals surface area (Å²) >= 11 is 0. The van der Waals surface area contributed by atoms with Gasteiger partial charge >= 0.3 is 0 Å². The number of carbonyl (C=O) groups excluding carboxylic acids is 2. The molecule has 0 radical (unpaired) electrons. The van der Waals surface area contributed by atoms with Gasteiger partial charge in [0.1, 0.15) is 11.9 Å². The lowest BCUT2D eigenvalue weighted by Crippen LogP contribution is -2.48. The van der Waals surface area contributed by atoms with Gasteiger partial charge in [-0.2, -0.15) is 0 Å². The summed E-state index contributed by atoms with van der Waals surface area (Å²) in [6.07, 6.45) is 5.07. The fourth-order valence-corrected chi connectivity index (χ4v) is 4.25. The highest BCUT2D eigenvalue weighted by atomic mass is 16.3. The van der Waals surface area contributed by atoms with E-state index in [4.69, 9.17) is 5.11 Å². The number of likely N-dealkylation sites (N-methyl/N-ethyl adjacent to an activating group) is 1. The Morgan fingerprint density at radius 3 is 2.75 bits per heavy atom. The third-order valence-corrected chi connectivity index (χ3v) is 6.06. The smallest absolute Gasteiger partial charge is 0.291 e. The molecule has 164 valence electrons. The van der Waals surface area contributed by atoms with Crippen molar-refractivity contribution in [1.29, 1.82) is 0 Å². The van der Waals surface area contributed by atoms with Gasteiger partial charge in [-0.3, -0.25) is 24.6 Å². The number of H-pyrrole nitrogens is 1. The number of carbonyl (C=O) groups is 2. The van der Waals surface area contributed by atoms with E-state index < -0.39 is 11.9 Å². The van der Waals surface area contributed by atoms with Gasteiger partial charge in [0, 0.05) is 38.4 Å². The number of aromatic nitrogens is 5. The van der Waals surface area contributed by atoms with Gasteiger partial charge in [-0.1, -0.05) is 24.3 Å². The number of amides is 2. The molecule has 10 heteroatoms. The maximum atomic E-state index is 13.0. The SMILES string of the molecule is CN1C(=O)[C@@H](NC(=O)c2n[nH]c(Cc3ccc(CCO)cc3)n2)C2C[C@H]2c2nccnc21. The lowest BCUT2D eigenvalue weighted by atomic mass is 10.1. The zero-order chi connectivity index (χ0) is 22.2. The number of hydrogen-bond acceptors (Lipinski definition) is 7. The molecule has 1 unspecified atom stereocenters. The Balaban J connectivity index is 1.27. The van der Waals surface area contributed by atoms with Gasteiger partial charge in [0.25, 0.3) is 11.8 Å². The molecule has 3 atom stereocenters. The highest BCUT2D eigenvalue weighted by Gasteiger charge is 2.53. The quantitative estimate of drug-likeness (QED) is 0.518. The summed E-state index contributed by atoms with van der Waals surface area (Å²) in [7, 11) is 1.65. The van der Waals surface area contributed by atoms with Crippen LogP contribution in [-0.2, 0) is 17.6 Å². The zero-order valence-electron chi connectivity index (χ0n) is 17.5. The van der Waals surface area contributed by atoms with Crippen LogP contribution < -0.4 is 10.2 Å². The average Bonchev–Trinajstić information content (AvgIpc) is 3.47. The molecule has 3 heterocycles. The minimum absolute atomic E-state index is 0.00237. The Morgan fingerprint density at radius 2 is 1.97 bits per heavy atom. The molecule has 2 aromatic heterocycles. The lowest BCUT2D eigenvalue weighted by Gasteiger charge is -2.22. The van der Waals surface area contributed by atoms with E-state index >= 15 is 0 Å². The number of hydrogen-bond donors (Lipinski definition) is 3. The van der Waals surface area contributed by atoms with E-state index in [2.05, 4.69) is 30.5 Å². The Morgan fingerprint density at radius 1 is 1.22 bits per heavy atom. The largest absolute Gasteiger partial charge is 0.396 e. The van der Waals surface area contributed by atoms with Crippen molar-refractivity contribution in [3.8, 4) is 0 Å². The van der Waals surface area contributed by atoms with Crippen LogP contribution in [0.15, 0.2) is 36.7 Å². The van der Waals surface area contributed by atoms with Crippen molar-refractivity contribution < 1.29 is 14.7 Å². The van der Waals surface area contributed by atoms with Crippen LogP contribution in [0.5, 0.6) is 0 Å². The summed E-state index contributed by atoms with van der Waals surface area (Å²) in [6, 6.07) is 7.16. The second kappa shape index (κ2) is 8.12. The maximum Gasteiger partial charge on any atom is 0.291 e. The summed E-state index contributed by atoms with van der Waals surface area (Å²) in [5.41, 5.74) is 2.86. The molecular weight excluding hydrogens is 410 g/mol. The van der Waals surface area contributed by atoms with Crippen LogP contribution in [-0.4, -0.2) is 61.8 Å². The normalized spacial score (nSPS) is 21.5. The molecule has 1 fully saturated rings. The Kier molecular flexibility index (Phi) is 5.14. The first-order valence-corrected chi connectivity index (χ1v) is 10.5. The van der Waals surface area contributed by atoms with Crippen LogP contribution in [0.25, 0.3) is 0 Å². The second-order valence-corrected chi connectivity index (χ2v) is 8.19. The number of benzene rings is 1. The Labute approximate surface area is 184 Å². The topological polar surface area (TPSA) is 137 Å². The molecule has 0 bridgehead atoms. The first kappa shape index (κ1) is 20.3. The highest BCUT2D eigenvalue weighted by Crippen LogP contribution is 2.53. The first-order valence-electron chi connectivity index (χ1n) is 10.5. The van der Waals surface area contributed by atoms with Gasteiger partial charge in [-0.25, -0.2) is 9.97 Å². The Bertz CT molecular complexity index is 1160. The van der Waals surface area contributed by atoms with Crippen molar-refractivity contribution in [3.63, 3.8) is 0 Å². The molecule has 32 heavy (non-hydrogen) atoms. The van der Waals surface area contributed by atoms with E-state index in [1.54, 1.807) is 19.4 Å². The molecule has 2 amide bonds. The predicted molar refractivity (Wildman–Crippen MR) is 114 cm³/mol. The molecule has 3 N–H and O–H groups in total. The maximum absolute atomic E-state index is 13.0. The number of nitrogens with one attached hydrogen (secondary N) is 2. The van der Waals surface area contributed by atoms with Crippen molar-refractivity contribution in [2.75, 3.05) is 18.6 Å². The molecule has 10 nitrogen and oxygen atoms in total. The van der Waals surface area contributed by atoms with E-state index in [1.165, 1.54) is 4.90 Å². The fraction of sp³-hybridized carbons (Fsp3) is 0.364. The third kappa shape index (κ3) is 3.73. The van der Waals surface area contributed by atoms with Gasteiger partial charge < -0.3 is 10.4 Å². The Hall–Kier alpha value is -3.66. The van der Waals surface area contributed by atoms with Crippen molar-refractivity contribution in [2.45, 2.75) is 31.2 Å². The van der Waals surface area contributed by atoms with Crippen molar-refractivity contribution >= 4 is 17.6 Å². The molecule has 3 aromatic rings. The molecule has 1 aliphatic heterocycles. The lowest BCUT2D eigenvalue weighted by molar-refractivity contribution is -0.120. The number of fused-ring (bicyclic) bond motifs is 3. The number of aliphatic hydroxyl groups excluding tert-OH is 1. The summed E-state index contributed by atoms with van der Waals surface area (Å²) in [4.78, 5) is 40.3. The molecule has 0 spiro atoms. The average molecular weight is 433 g/mol. The minimum atomic E-state index is -0.672. The van der Waals surface area contributed by atoms with Gasteiger partial charge in [0.2, 0.25) is 5.82 Å². The van der Waals surface area contributed by atoms with Gasteiger partial charge in [-0.15, -0.1) is 5.10 Å². The van der Waals surface area contributed by atoms with Crippen molar-refractivity contribution in [2.24, 2.45) is 5.92 Å². The van der Waals surface area contributed by atoms with Crippen LogP contribution in [0.1, 0.15) is 45.6 Å². The predicted octanol–water partition coefficient (Wildman–Crippen LogP) is 0.599. The summed E-state index contributed by atoms with van der Waals surface area (Å²) in [5, 5.41) is 18.7. The second-order valence-electron chi connectivity index (χ2n) is 8.19. The summed E-state index contributed by atoms with van der Waals surface area (Å²) in [5.74, 6) is 0.491. The van der Waals surface area contributed by atoms with Gasteiger partial charge in [0.15, 0.2) is 5.82 Å². The summed E-state index contributed by atoms with van der Waals surface area (Å²) < 4.78 is 0. The van der Waals surface area contributed by atoms with Crippen LogP contribution in [0.3, 0.4) is 0 Å². The molecular formula is C22H23N7O3. The van der Waals surface area contributed by atoms with E-state index in [0.29, 0.717) is 24.5 Å². The van der Waals surface area contributed by atoms with Gasteiger partial charge in [0.05, 0.1) is 5.69 Å². The number of nitrogens with zero attached hydrogens (tertiary/aromatic N) is 5. The number of aliphatic hydroxyl groups is 1. The molecule has 2 aliphatic rings. The van der Waals surface area contributed by atoms with E-state index in [0.717, 1.165) is 23.2 Å². The van der Waals surface area contributed by atoms with Crippen molar-refractivity contribution in [3.05, 3.63) is 65.1 Å². The molecule has 1 aliphatic carbocycles.